The van der Waals surface area contributed by atoms with Crippen LogP contribution in [0.3, 0.4) is 0 Å². The summed E-state index contributed by atoms with van der Waals surface area (Å²) >= 11 is 9.22. The lowest BCUT2D eigenvalue weighted by molar-refractivity contribution is -0.164. The van der Waals surface area contributed by atoms with Crippen LogP contribution in [0.15, 0.2) is 30.9 Å². The summed E-state index contributed by atoms with van der Waals surface area (Å²) in [7, 11) is 0. The molecule has 152 valence electrons. The number of fused-ring (bicyclic) bond motifs is 2. The number of rotatable bonds is 3. The van der Waals surface area contributed by atoms with Crippen LogP contribution in [0.2, 0.25) is 0 Å². The summed E-state index contributed by atoms with van der Waals surface area (Å²) < 4.78 is 10.8. The van der Waals surface area contributed by atoms with Gasteiger partial charge in [0.2, 0.25) is 6.79 Å². The number of ether oxygens (including phenoxy) is 2. The van der Waals surface area contributed by atoms with Gasteiger partial charge in [-0.3, -0.25) is 9.59 Å². The van der Waals surface area contributed by atoms with Crippen molar-refractivity contribution in [1.82, 2.24) is 9.80 Å². The van der Waals surface area contributed by atoms with Gasteiger partial charge >= 0.3 is 0 Å². The van der Waals surface area contributed by atoms with Gasteiger partial charge in [0.15, 0.2) is 21.2 Å². The normalized spacial score (nSPS) is 35.5. The molecule has 1 aromatic rings. The molecule has 0 radical (unpaired) electrons. The lowest BCUT2D eigenvalue weighted by atomic mass is 9.79. The van der Waals surface area contributed by atoms with E-state index in [1.165, 1.54) is 9.80 Å². The van der Waals surface area contributed by atoms with Crippen LogP contribution < -0.4 is 9.47 Å². The maximum atomic E-state index is 13.6. The summed E-state index contributed by atoms with van der Waals surface area (Å²) in [5.41, 5.74) is -0.369. The number of carbonyl (C=O) groups is 2. The van der Waals surface area contributed by atoms with E-state index in [1.807, 2.05) is 0 Å². The first-order valence-corrected chi connectivity index (χ1v) is 10.0. The molecule has 0 bridgehead atoms. The lowest BCUT2D eigenvalue weighted by Crippen LogP contribution is -2.70. The molecule has 2 saturated heterocycles. The molecular formula is C20H21N3O4S2. The molecule has 7 nitrogen and oxygen atoms in total. The third-order valence-electron chi connectivity index (χ3n) is 5.89. The highest BCUT2D eigenvalue weighted by atomic mass is 32.1. The third-order valence-corrected chi connectivity index (χ3v) is 6.89. The third kappa shape index (κ3) is 2.58. The van der Waals surface area contributed by atoms with Gasteiger partial charge in [0, 0.05) is 13.0 Å². The smallest absolute Gasteiger partial charge is 0.260 e. The van der Waals surface area contributed by atoms with Gasteiger partial charge in [-0.15, -0.1) is 31.8 Å². The summed E-state index contributed by atoms with van der Waals surface area (Å²) in [5.74, 6) is 0.374. The Morgan fingerprint density at radius 2 is 1.97 bits per heavy atom. The Morgan fingerprint density at radius 3 is 2.62 bits per heavy atom. The van der Waals surface area contributed by atoms with E-state index >= 15 is 0 Å². The van der Waals surface area contributed by atoms with Gasteiger partial charge < -0.3 is 19.3 Å². The zero-order chi connectivity index (χ0) is 21.2. The number of nitriles is 1. The average molecular weight is 432 g/mol. The quantitative estimate of drug-likeness (QED) is 0.568. The van der Waals surface area contributed by atoms with E-state index < -0.39 is 21.2 Å². The number of benzene rings is 1. The van der Waals surface area contributed by atoms with Crippen molar-refractivity contribution in [3.8, 4) is 17.6 Å². The van der Waals surface area contributed by atoms with Crippen molar-refractivity contribution in [2.24, 2.45) is 5.41 Å². The minimum absolute atomic E-state index is 0.0841. The second-order valence-electron chi connectivity index (χ2n) is 7.94. The number of carbonyl (C=O) groups excluding carboxylic acids is 2. The maximum absolute atomic E-state index is 13.6. The van der Waals surface area contributed by atoms with Gasteiger partial charge in [0.25, 0.3) is 11.8 Å². The first kappa shape index (κ1) is 20.0. The van der Waals surface area contributed by atoms with Gasteiger partial charge in [-0.25, -0.2) is 0 Å². The Kier molecular flexibility index (Phi) is 4.37. The molecule has 2 fully saturated rings. The molecule has 29 heavy (non-hydrogen) atoms. The first-order chi connectivity index (χ1) is 13.6. The van der Waals surface area contributed by atoms with Crippen LogP contribution in [-0.4, -0.2) is 44.7 Å². The van der Waals surface area contributed by atoms with E-state index in [0.29, 0.717) is 17.1 Å². The van der Waals surface area contributed by atoms with Crippen molar-refractivity contribution in [2.75, 3.05) is 13.3 Å². The number of thiol groups is 2. The van der Waals surface area contributed by atoms with Crippen molar-refractivity contribution >= 4 is 37.1 Å². The Balaban J connectivity index is 1.89. The van der Waals surface area contributed by atoms with Crippen molar-refractivity contribution in [3.05, 3.63) is 36.4 Å². The van der Waals surface area contributed by atoms with Gasteiger partial charge in [0.1, 0.15) is 0 Å². The Labute approximate surface area is 180 Å². The van der Waals surface area contributed by atoms with Crippen LogP contribution >= 0.6 is 25.3 Å². The van der Waals surface area contributed by atoms with E-state index in [4.69, 9.17) is 9.47 Å². The number of amides is 2. The number of nitrogens with zero attached hydrogens (tertiary/aromatic N) is 3. The monoisotopic (exact) mass is 431 g/mol. The Hall–Kier alpha value is -2.31. The predicted molar refractivity (Wildman–Crippen MR) is 112 cm³/mol. The zero-order valence-electron chi connectivity index (χ0n) is 16.1. The standard InChI is InChI=1S/C20H21N3O4S2/c1-4-7-22-17(25)20(29)9-18(2,10-21)15(23(20)16(24)19(22,3)28)12-5-6-13-14(8-12)27-11-26-13/h4-6,8,15,28-29H,1,7,9,11H2,2-3H3. The highest BCUT2D eigenvalue weighted by Gasteiger charge is 2.69. The van der Waals surface area contributed by atoms with Crippen molar-refractivity contribution < 1.29 is 19.1 Å². The Morgan fingerprint density at radius 1 is 1.28 bits per heavy atom. The fraction of sp³-hybridized carbons (Fsp3) is 0.450. The molecule has 3 aliphatic heterocycles. The fourth-order valence-electron chi connectivity index (χ4n) is 4.50. The lowest BCUT2D eigenvalue weighted by Gasteiger charge is -2.51. The number of piperazine rings is 1. The van der Waals surface area contributed by atoms with Crippen LogP contribution in [0, 0.1) is 16.7 Å². The molecule has 0 aliphatic carbocycles. The largest absolute Gasteiger partial charge is 0.454 e. The molecule has 0 N–H and O–H groups in total. The molecular weight excluding hydrogens is 410 g/mol. The highest BCUT2D eigenvalue weighted by molar-refractivity contribution is 7.83. The number of hydrogen-bond acceptors (Lipinski definition) is 7. The fourth-order valence-corrected chi connectivity index (χ4v) is 5.44. The molecule has 9 heteroatoms. The van der Waals surface area contributed by atoms with Crippen LogP contribution in [-0.2, 0) is 9.59 Å². The van der Waals surface area contributed by atoms with Crippen molar-refractivity contribution in [3.63, 3.8) is 0 Å². The second kappa shape index (κ2) is 6.34. The summed E-state index contributed by atoms with van der Waals surface area (Å²) in [6.45, 7) is 7.26. The molecule has 4 rings (SSSR count). The van der Waals surface area contributed by atoms with Crippen molar-refractivity contribution in [2.45, 2.75) is 36.1 Å². The van der Waals surface area contributed by atoms with Gasteiger partial charge in [0.05, 0.1) is 17.5 Å². The van der Waals surface area contributed by atoms with E-state index in [9.17, 15) is 14.9 Å². The Bertz CT molecular complexity index is 975. The number of hydrogen-bond donors (Lipinski definition) is 2. The topological polar surface area (TPSA) is 82.9 Å². The SMILES string of the molecule is C=CCN1C(=O)C2(S)CC(C)(C#N)C(c3ccc4c(c3)OCO4)N2C(=O)C1(C)S. The molecule has 0 aromatic heterocycles. The van der Waals surface area contributed by atoms with Crippen LogP contribution in [0.4, 0.5) is 0 Å². The molecule has 3 heterocycles. The van der Waals surface area contributed by atoms with E-state index in [-0.39, 0.29) is 31.6 Å². The van der Waals surface area contributed by atoms with Gasteiger partial charge in [-0.1, -0.05) is 12.1 Å². The minimum Gasteiger partial charge on any atom is -0.454 e. The second-order valence-corrected chi connectivity index (χ2v) is 9.55. The molecule has 0 saturated carbocycles. The molecule has 1 aromatic carbocycles. The predicted octanol–water partition coefficient (Wildman–Crippen LogP) is 2.52. The van der Waals surface area contributed by atoms with Gasteiger partial charge in [-0.05, 0) is 31.5 Å². The average Bonchev–Trinajstić information content (AvgIpc) is 3.24. The molecule has 4 atom stereocenters. The zero-order valence-corrected chi connectivity index (χ0v) is 17.9. The van der Waals surface area contributed by atoms with E-state index in [0.717, 1.165) is 0 Å². The summed E-state index contributed by atoms with van der Waals surface area (Å²) in [6, 6.07) is 6.91. The maximum Gasteiger partial charge on any atom is 0.260 e. The van der Waals surface area contributed by atoms with Crippen LogP contribution in [0.1, 0.15) is 31.9 Å². The highest BCUT2D eigenvalue weighted by Crippen LogP contribution is 2.60. The van der Waals surface area contributed by atoms with Crippen LogP contribution in [0.5, 0.6) is 11.5 Å². The van der Waals surface area contributed by atoms with Crippen LogP contribution in [0.25, 0.3) is 0 Å². The summed E-state index contributed by atoms with van der Waals surface area (Å²) in [6.07, 6.45) is 1.63. The van der Waals surface area contributed by atoms with E-state index in [1.54, 1.807) is 38.1 Å². The molecule has 3 aliphatic rings. The molecule has 4 unspecified atom stereocenters. The minimum atomic E-state index is -1.46. The summed E-state index contributed by atoms with van der Waals surface area (Å²) in [4.78, 5) is 27.0. The molecule has 0 spiro atoms. The van der Waals surface area contributed by atoms with Gasteiger partial charge in [-0.2, -0.15) is 5.26 Å². The summed E-state index contributed by atoms with van der Waals surface area (Å²) in [5, 5.41) is 10.0. The first-order valence-electron chi connectivity index (χ1n) is 9.12. The van der Waals surface area contributed by atoms with Crippen molar-refractivity contribution in [1.29, 1.82) is 5.26 Å². The molecule has 2 amide bonds. The van der Waals surface area contributed by atoms with E-state index in [2.05, 4.69) is 37.9 Å².